The molecule has 0 saturated carbocycles. The highest BCUT2D eigenvalue weighted by Gasteiger charge is 2.47. The van der Waals surface area contributed by atoms with Crippen molar-refractivity contribution >= 4 is 32.5 Å². The van der Waals surface area contributed by atoms with E-state index in [2.05, 4.69) is 25.7 Å². The molecule has 1 saturated heterocycles. The van der Waals surface area contributed by atoms with Crippen molar-refractivity contribution in [1.29, 1.82) is 0 Å². The molecule has 3 aromatic heterocycles. The maximum atomic E-state index is 15.4. The second-order valence-corrected chi connectivity index (χ2v) is 10.7. The lowest BCUT2D eigenvalue weighted by Gasteiger charge is -2.37. The van der Waals surface area contributed by atoms with Crippen molar-refractivity contribution in [2.75, 3.05) is 31.7 Å². The Hall–Kier alpha value is -3.60. The Balaban J connectivity index is 1.58. The van der Waals surface area contributed by atoms with Gasteiger partial charge in [-0.1, -0.05) is 11.3 Å². The Morgan fingerprint density at radius 3 is 2.82 bits per heavy atom. The van der Waals surface area contributed by atoms with Gasteiger partial charge in [-0.05, 0) is 24.1 Å². The lowest BCUT2D eigenvalue weighted by atomic mass is 10.0. The number of sulfonamides is 1. The third-order valence-electron chi connectivity index (χ3n) is 6.10. The molecule has 1 aromatic carbocycles. The number of hydrogen-bond donors (Lipinski definition) is 1. The normalized spacial score (nSPS) is 20.0. The first-order chi connectivity index (χ1) is 19.0. The van der Waals surface area contributed by atoms with Gasteiger partial charge in [-0.2, -0.15) is 9.29 Å². The zero-order valence-electron chi connectivity index (χ0n) is 22.4. The third kappa shape index (κ3) is 4.70. The Morgan fingerprint density at radius 1 is 1.34 bits per heavy atom. The summed E-state index contributed by atoms with van der Waals surface area (Å²) >= 11 is 0. The summed E-state index contributed by atoms with van der Waals surface area (Å²) in [6, 6.07) is 2.46. The molecule has 1 aliphatic rings. The Kier molecular flexibility index (Phi) is 5.48. The average Bonchev–Trinajstić information content (AvgIpc) is 3.37. The van der Waals surface area contributed by atoms with Gasteiger partial charge in [0.25, 0.3) is 12.3 Å². The van der Waals surface area contributed by atoms with Crippen LogP contribution >= 0.6 is 0 Å². The molecule has 0 bridgehead atoms. The molecule has 0 amide bonds. The molecule has 0 radical (unpaired) electrons. The minimum Gasteiger partial charge on any atom is -0.479 e. The molecule has 38 heavy (non-hydrogen) atoms. The van der Waals surface area contributed by atoms with Crippen molar-refractivity contribution in [2.45, 2.75) is 31.4 Å². The predicted octanol–water partition coefficient (Wildman–Crippen LogP) is 2.63. The summed E-state index contributed by atoms with van der Waals surface area (Å²) in [6.45, 7) is -2.11. The number of fused-ring (bicyclic) bond motifs is 2. The average molecular weight is 564 g/mol. The van der Waals surface area contributed by atoms with Crippen LogP contribution in [0.3, 0.4) is 0 Å². The second-order valence-electron chi connectivity index (χ2n) is 8.70. The molecule has 5 rings (SSSR count). The number of methoxy groups -OCH3 is 1. The van der Waals surface area contributed by atoms with Gasteiger partial charge in [0.05, 0.1) is 47.3 Å². The summed E-state index contributed by atoms with van der Waals surface area (Å²) in [5.74, 6) is -5.73. The highest BCUT2D eigenvalue weighted by atomic mass is 32.2. The van der Waals surface area contributed by atoms with Crippen molar-refractivity contribution in [1.82, 2.24) is 33.9 Å². The lowest BCUT2D eigenvalue weighted by Crippen LogP contribution is -2.55. The smallest absolute Gasteiger partial charge is 0.281 e. The number of piperidine rings is 1. The molecule has 1 fully saturated rings. The van der Waals surface area contributed by atoms with Gasteiger partial charge in [0.1, 0.15) is 17.6 Å². The van der Waals surface area contributed by atoms with Crippen LogP contribution in [-0.2, 0) is 16.6 Å². The number of hydrogen-bond acceptors (Lipinski definition) is 8. The Morgan fingerprint density at radius 2 is 2.13 bits per heavy atom. The fraction of sp³-hybridized carbons (Fsp3) is 0.429. The van der Waals surface area contributed by atoms with Crippen LogP contribution in [0.25, 0.3) is 27.7 Å². The van der Waals surface area contributed by atoms with E-state index in [-0.39, 0.29) is 40.6 Å². The molecule has 0 spiro atoms. The summed E-state index contributed by atoms with van der Waals surface area (Å²) in [5.41, 5.74) is -0.0661. The number of rotatable bonds is 7. The number of nitrogens with one attached hydrogen (secondary N) is 1. The summed E-state index contributed by atoms with van der Waals surface area (Å²) in [5, 5.41) is 13.8. The Bertz CT molecular complexity index is 1730. The van der Waals surface area contributed by atoms with Gasteiger partial charge in [-0.25, -0.2) is 39.6 Å². The number of benzene rings is 1. The van der Waals surface area contributed by atoms with E-state index in [9.17, 15) is 26.0 Å². The van der Waals surface area contributed by atoms with E-state index in [1.165, 1.54) is 18.2 Å². The SMILES string of the molecule is [2H]C([2H])([2H])Oc1nc(NC2CCN(S(C)(=O)=O)CC2(F)F)nn2cc(F)c(-c3ccc4nnn(CC(F)F)c4c3)c12. The molecule has 17 heteroatoms. The van der Waals surface area contributed by atoms with Crippen LogP contribution in [0.1, 0.15) is 10.5 Å². The van der Waals surface area contributed by atoms with Gasteiger partial charge < -0.3 is 10.1 Å². The van der Waals surface area contributed by atoms with Gasteiger partial charge in [0.2, 0.25) is 21.9 Å². The molecular weight excluding hydrogens is 539 g/mol. The number of anilines is 1. The largest absolute Gasteiger partial charge is 0.479 e. The summed E-state index contributed by atoms with van der Waals surface area (Å²) in [7, 11) is -6.98. The molecule has 1 atom stereocenters. The van der Waals surface area contributed by atoms with Crippen LogP contribution in [0.15, 0.2) is 24.4 Å². The molecule has 1 unspecified atom stereocenters. The summed E-state index contributed by atoms with van der Waals surface area (Å²) in [4.78, 5) is 3.94. The summed E-state index contributed by atoms with van der Waals surface area (Å²) < 4.78 is 124. The second kappa shape index (κ2) is 9.30. The number of nitrogens with zero attached hydrogens (tertiary/aromatic N) is 7. The van der Waals surface area contributed by atoms with Gasteiger partial charge in [0.15, 0.2) is 5.82 Å². The quantitative estimate of drug-likeness (QED) is 0.341. The fourth-order valence-electron chi connectivity index (χ4n) is 4.34. The van der Waals surface area contributed by atoms with E-state index in [0.29, 0.717) is 4.31 Å². The molecule has 1 N–H and O–H groups in total. The fourth-order valence-corrected chi connectivity index (χ4v) is 5.18. The van der Waals surface area contributed by atoms with E-state index >= 15 is 4.39 Å². The van der Waals surface area contributed by atoms with Crippen molar-refractivity contribution in [2.24, 2.45) is 0 Å². The van der Waals surface area contributed by atoms with Crippen LogP contribution in [0, 0.1) is 5.82 Å². The van der Waals surface area contributed by atoms with Gasteiger partial charge in [-0.3, -0.25) is 0 Å². The zero-order chi connectivity index (χ0) is 29.9. The van der Waals surface area contributed by atoms with Crippen molar-refractivity contribution in [3.05, 3.63) is 30.2 Å². The first-order valence-corrected chi connectivity index (χ1v) is 12.9. The maximum Gasteiger partial charge on any atom is 0.281 e. The van der Waals surface area contributed by atoms with Crippen molar-refractivity contribution in [3.8, 4) is 17.0 Å². The molecule has 4 heterocycles. The molecule has 0 aliphatic carbocycles. The molecule has 1 aliphatic heterocycles. The highest BCUT2D eigenvalue weighted by molar-refractivity contribution is 7.88. The summed E-state index contributed by atoms with van der Waals surface area (Å²) in [6.07, 6.45) is -1.44. The van der Waals surface area contributed by atoms with Crippen LogP contribution < -0.4 is 10.1 Å². The van der Waals surface area contributed by atoms with Crippen LogP contribution in [-0.4, -0.2) is 87.1 Å². The van der Waals surface area contributed by atoms with Gasteiger partial charge in [-0.15, -0.1) is 10.2 Å². The maximum absolute atomic E-state index is 15.4. The molecule has 4 aromatic rings. The molecular formula is C21H21F5N8O3S. The van der Waals surface area contributed by atoms with E-state index < -0.39 is 66.2 Å². The van der Waals surface area contributed by atoms with Crippen molar-refractivity contribution in [3.63, 3.8) is 0 Å². The monoisotopic (exact) mass is 563 g/mol. The van der Waals surface area contributed by atoms with Gasteiger partial charge >= 0.3 is 0 Å². The number of alkyl halides is 4. The predicted molar refractivity (Wildman–Crippen MR) is 125 cm³/mol. The molecule has 204 valence electrons. The van der Waals surface area contributed by atoms with Crippen LogP contribution in [0.2, 0.25) is 0 Å². The lowest BCUT2D eigenvalue weighted by molar-refractivity contribution is -0.0541. The van der Waals surface area contributed by atoms with Crippen molar-refractivity contribution < 1.29 is 39.2 Å². The van der Waals surface area contributed by atoms with E-state index in [4.69, 9.17) is 8.85 Å². The topological polar surface area (TPSA) is 120 Å². The van der Waals surface area contributed by atoms with E-state index in [1.54, 1.807) is 0 Å². The Labute approximate surface area is 216 Å². The van der Waals surface area contributed by atoms with Gasteiger partial charge in [0, 0.05) is 6.54 Å². The zero-order valence-corrected chi connectivity index (χ0v) is 20.3. The van der Waals surface area contributed by atoms with E-state index in [1.807, 2.05) is 0 Å². The first-order valence-electron chi connectivity index (χ1n) is 12.5. The molecule has 11 nitrogen and oxygen atoms in total. The highest BCUT2D eigenvalue weighted by Crippen LogP contribution is 2.36. The van der Waals surface area contributed by atoms with Crippen LogP contribution in [0.4, 0.5) is 27.9 Å². The number of aromatic nitrogens is 6. The third-order valence-corrected chi connectivity index (χ3v) is 7.35. The van der Waals surface area contributed by atoms with E-state index in [0.717, 1.165) is 21.6 Å². The number of halogens is 5. The first kappa shape index (κ1) is 22.4. The van der Waals surface area contributed by atoms with Crippen LogP contribution in [0.5, 0.6) is 5.88 Å². The minimum atomic E-state index is -3.88. The minimum absolute atomic E-state index is 0.0923. The number of ether oxygens (including phenoxy) is 1. The standard InChI is InChI=1S/C21H21F5N8O3S/c1-37-19-18-17(11-3-4-13-14(7-11)33(31-29-13)9-16(23)24)12(22)8-34(18)30-20(28-19)27-15-5-6-32(38(2,35)36)10-21(15,25)26/h3-4,7-8,15-16H,5-6,9-10H2,1-2H3,(H,27,30)/i1D3.